The molecule has 86 valence electrons. The van der Waals surface area contributed by atoms with Gasteiger partial charge in [0.1, 0.15) is 17.3 Å². The van der Waals surface area contributed by atoms with Gasteiger partial charge in [0.15, 0.2) is 0 Å². The summed E-state index contributed by atoms with van der Waals surface area (Å²) < 4.78 is 13.8. The minimum atomic E-state index is -0.352. The number of hydrogen-bond acceptors (Lipinski definition) is 3. The fraction of sp³-hybridized carbons (Fsp3) is 0.273. The van der Waals surface area contributed by atoms with Gasteiger partial charge in [-0.2, -0.15) is 0 Å². The Kier molecular flexibility index (Phi) is 2.68. The molecule has 0 spiro atoms. The highest BCUT2D eigenvalue weighted by molar-refractivity contribution is 6.33. The van der Waals surface area contributed by atoms with Crippen molar-refractivity contribution >= 4 is 17.3 Å². The molecule has 0 bridgehead atoms. The highest BCUT2D eigenvalue weighted by Crippen LogP contribution is 2.34. The van der Waals surface area contributed by atoms with E-state index in [0.29, 0.717) is 16.5 Å². The first-order valence-corrected chi connectivity index (χ1v) is 5.34. The van der Waals surface area contributed by atoms with E-state index in [2.05, 4.69) is 0 Å². The summed E-state index contributed by atoms with van der Waals surface area (Å²) in [5, 5.41) is 3.80. The summed E-state index contributed by atoms with van der Waals surface area (Å²) in [6, 6.07) is 4.61. The van der Waals surface area contributed by atoms with Gasteiger partial charge in [-0.15, -0.1) is 0 Å². The molecule has 1 aromatic rings. The van der Waals surface area contributed by atoms with Crippen LogP contribution < -0.4 is 10.7 Å². The maximum Gasteiger partial charge on any atom is 0.149 e. The summed E-state index contributed by atoms with van der Waals surface area (Å²) in [5.41, 5.74) is 6.13. The molecule has 0 aromatic heterocycles. The highest BCUT2D eigenvalue weighted by Gasteiger charge is 2.29. The van der Waals surface area contributed by atoms with Gasteiger partial charge in [0.2, 0.25) is 0 Å². The van der Waals surface area contributed by atoms with Crippen LogP contribution in [0, 0.1) is 5.82 Å². The molecule has 1 heterocycles. The molecule has 1 aliphatic rings. The molecule has 1 unspecified atom stereocenters. The van der Waals surface area contributed by atoms with Crippen molar-refractivity contribution in [2.45, 2.75) is 13.0 Å². The van der Waals surface area contributed by atoms with E-state index in [1.165, 1.54) is 6.07 Å². The zero-order valence-corrected chi connectivity index (χ0v) is 9.87. The lowest BCUT2D eigenvalue weighted by Crippen LogP contribution is -2.41. The molecule has 0 aliphatic carbocycles. The third-order valence-corrected chi connectivity index (χ3v) is 2.97. The predicted molar refractivity (Wildman–Crippen MR) is 63.4 cm³/mol. The van der Waals surface area contributed by atoms with E-state index in [-0.39, 0.29) is 11.9 Å². The van der Waals surface area contributed by atoms with Gasteiger partial charge in [0.25, 0.3) is 0 Å². The van der Waals surface area contributed by atoms with Gasteiger partial charge in [-0.05, 0) is 25.1 Å². The quantitative estimate of drug-likeness (QED) is 0.819. The minimum absolute atomic E-state index is 0.0144. The fourth-order valence-corrected chi connectivity index (χ4v) is 2.13. The first kappa shape index (κ1) is 11.1. The van der Waals surface area contributed by atoms with E-state index in [1.54, 1.807) is 29.2 Å². The van der Waals surface area contributed by atoms with Crippen LogP contribution >= 0.6 is 11.6 Å². The molecule has 3 nitrogen and oxygen atoms in total. The monoisotopic (exact) mass is 241 g/mol. The molecule has 0 saturated heterocycles. The molecular weight excluding hydrogens is 229 g/mol. The Morgan fingerprint density at radius 1 is 1.44 bits per heavy atom. The molecule has 5 heteroatoms. The molecule has 0 fully saturated rings. The van der Waals surface area contributed by atoms with Gasteiger partial charge in [-0.3, -0.25) is 10.0 Å². The zero-order valence-electron chi connectivity index (χ0n) is 9.11. The van der Waals surface area contributed by atoms with Gasteiger partial charge >= 0.3 is 0 Å². The molecule has 0 radical (unpaired) electrons. The maximum absolute atomic E-state index is 13.8. The van der Waals surface area contributed by atoms with Crippen LogP contribution in [0.5, 0.6) is 0 Å². The van der Waals surface area contributed by atoms with Crippen LogP contribution in [-0.2, 0) is 0 Å². The number of para-hydroxylation sites is 1. The topological polar surface area (TPSA) is 32.5 Å². The Morgan fingerprint density at radius 2 is 2.12 bits per heavy atom. The number of anilines is 1. The molecule has 0 amide bonds. The van der Waals surface area contributed by atoms with E-state index in [9.17, 15) is 4.39 Å². The lowest BCUT2D eigenvalue weighted by atomic mass is 10.2. The summed E-state index contributed by atoms with van der Waals surface area (Å²) in [4.78, 5) is 0. The normalized spacial score (nSPS) is 20.2. The summed E-state index contributed by atoms with van der Waals surface area (Å²) in [7, 11) is 1.78. The van der Waals surface area contributed by atoms with Crippen LogP contribution in [0.3, 0.4) is 0 Å². The molecule has 16 heavy (non-hydrogen) atoms. The second-order valence-electron chi connectivity index (χ2n) is 3.77. The minimum Gasteiger partial charge on any atom is -0.384 e. The lowest BCUT2D eigenvalue weighted by Gasteiger charge is -2.33. The van der Waals surface area contributed by atoms with Crippen molar-refractivity contribution in [3.63, 3.8) is 0 Å². The summed E-state index contributed by atoms with van der Waals surface area (Å²) >= 11 is 6.02. The smallest absolute Gasteiger partial charge is 0.149 e. The van der Waals surface area contributed by atoms with Crippen molar-refractivity contribution in [2.24, 2.45) is 5.73 Å². The summed E-state index contributed by atoms with van der Waals surface area (Å²) in [6.07, 6.45) is 1.85. The number of hydrazine groups is 1. The Balaban J connectivity index is 2.46. The van der Waals surface area contributed by atoms with Crippen LogP contribution in [0.1, 0.15) is 6.92 Å². The highest BCUT2D eigenvalue weighted by atomic mass is 35.5. The number of halogens is 2. The molecular formula is C11H13ClFN3. The second kappa shape index (κ2) is 3.87. The van der Waals surface area contributed by atoms with Gasteiger partial charge in [0.05, 0.1) is 11.1 Å². The number of nitrogens with zero attached hydrogens (tertiary/aromatic N) is 2. The van der Waals surface area contributed by atoms with Crippen LogP contribution in [0.25, 0.3) is 0 Å². The van der Waals surface area contributed by atoms with Crippen molar-refractivity contribution in [1.82, 2.24) is 5.01 Å². The van der Waals surface area contributed by atoms with Crippen LogP contribution in [0.2, 0.25) is 5.02 Å². The van der Waals surface area contributed by atoms with E-state index in [0.717, 1.165) is 0 Å². The lowest BCUT2D eigenvalue weighted by molar-refractivity contribution is 0.387. The largest absolute Gasteiger partial charge is 0.384 e. The standard InChI is InChI=1S/C11H13ClFN3/c1-7-6-10(14)15(2)16(7)11-8(12)4-3-5-9(11)13/h3-7H,14H2,1-2H3. The van der Waals surface area contributed by atoms with Crippen molar-refractivity contribution < 1.29 is 4.39 Å². The van der Waals surface area contributed by atoms with Crippen molar-refractivity contribution in [2.75, 3.05) is 12.1 Å². The van der Waals surface area contributed by atoms with Gasteiger partial charge in [-0.1, -0.05) is 17.7 Å². The van der Waals surface area contributed by atoms with Crippen molar-refractivity contribution in [1.29, 1.82) is 0 Å². The Bertz CT molecular complexity index is 427. The first-order chi connectivity index (χ1) is 7.52. The number of hydrogen-bond donors (Lipinski definition) is 1. The van der Waals surface area contributed by atoms with Gasteiger partial charge < -0.3 is 5.73 Å². The number of nitrogens with two attached hydrogens (primary N) is 1. The van der Waals surface area contributed by atoms with Crippen LogP contribution in [0.15, 0.2) is 30.1 Å². The van der Waals surface area contributed by atoms with Gasteiger partial charge in [0, 0.05) is 7.05 Å². The van der Waals surface area contributed by atoms with E-state index in [4.69, 9.17) is 17.3 Å². The Morgan fingerprint density at radius 3 is 2.62 bits per heavy atom. The predicted octanol–water partition coefficient (Wildman–Crippen LogP) is 2.33. The van der Waals surface area contributed by atoms with E-state index in [1.807, 2.05) is 13.0 Å². The molecule has 2 rings (SSSR count). The third-order valence-electron chi connectivity index (χ3n) is 2.66. The summed E-state index contributed by atoms with van der Waals surface area (Å²) in [5.74, 6) is 0.237. The molecule has 2 N–H and O–H groups in total. The fourth-order valence-electron chi connectivity index (χ4n) is 1.88. The first-order valence-electron chi connectivity index (χ1n) is 4.96. The van der Waals surface area contributed by atoms with Crippen LogP contribution in [0.4, 0.5) is 10.1 Å². The Labute approximate surface area is 98.9 Å². The van der Waals surface area contributed by atoms with Crippen LogP contribution in [-0.4, -0.2) is 18.1 Å². The molecule has 1 aromatic carbocycles. The third kappa shape index (κ3) is 1.59. The zero-order chi connectivity index (χ0) is 11.9. The van der Waals surface area contributed by atoms with Crippen molar-refractivity contribution in [3.8, 4) is 0 Å². The van der Waals surface area contributed by atoms with Crippen molar-refractivity contribution in [3.05, 3.63) is 40.9 Å². The molecule has 1 aliphatic heterocycles. The average Bonchev–Trinajstić information content (AvgIpc) is 2.44. The Hall–Kier alpha value is -1.42. The number of rotatable bonds is 1. The van der Waals surface area contributed by atoms with E-state index < -0.39 is 0 Å². The maximum atomic E-state index is 13.8. The average molecular weight is 242 g/mol. The van der Waals surface area contributed by atoms with E-state index >= 15 is 0 Å². The molecule has 0 saturated carbocycles. The SMILES string of the molecule is CC1C=C(N)N(C)N1c1c(F)cccc1Cl. The number of benzene rings is 1. The molecule has 1 atom stereocenters. The summed E-state index contributed by atoms with van der Waals surface area (Å²) in [6.45, 7) is 1.93. The second-order valence-corrected chi connectivity index (χ2v) is 4.18. The van der Waals surface area contributed by atoms with Gasteiger partial charge in [-0.25, -0.2) is 4.39 Å².